The number of pyridine rings is 1. The molecule has 1 aromatic carbocycles. The van der Waals surface area contributed by atoms with Crippen molar-refractivity contribution in [1.29, 1.82) is 0 Å². The molecule has 0 saturated carbocycles. The van der Waals surface area contributed by atoms with Crippen LogP contribution in [-0.4, -0.2) is 23.9 Å². The van der Waals surface area contributed by atoms with Crippen LogP contribution in [-0.2, 0) is 6.42 Å². The molecule has 0 bridgehead atoms. The van der Waals surface area contributed by atoms with Crippen LogP contribution in [0.25, 0.3) is 6.08 Å². The first-order chi connectivity index (χ1) is 10.7. The van der Waals surface area contributed by atoms with E-state index in [-0.39, 0.29) is 5.78 Å². The number of carbonyl (C=O) groups is 2. The number of Topliss-reactive ketones (excluding diaryl/α,β-unsaturated/α-hetero) is 1. The lowest BCUT2D eigenvalue weighted by Gasteiger charge is -2.04. The van der Waals surface area contributed by atoms with Gasteiger partial charge in [0.25, 0.3) is 0 Å². The van der Waals surface area contributed by atoms with E-state index in [1.807, 2.05) is 24.3 Å². The van der Waals surface area contributed by atoms with Crippen LogP contribution in [0.5, 0.6) is 5.75 Å². The van der Waals surface area contributed by atoms with Gasteiger partial charge in [-0.15, -0.1) is 0 Å². The first-order valence-electron chi connectivity index (χ1n) is 6.85. The van der Waals surface area contributed by atoms with Gasteiger partial charge in [0.15, 0.2) is 5.78 Å². The summed E-state index contributed by atoms with van der Waals surface area (Å²) in [4.78, 5) is 27.7. The van der Waals surface area contributed by atoms with Gasteiger partial charge in [-0.25, -0.2) is 4.79 Å². The summed E-state index contributed by atoms with van der Waals surface area (Å²) in [6.07, 6.45) is 5.26. The van der Waals surface area contributed by atoms with Gasteiger partial charge >= 0.3 is 6.09 Å². The molecule has 0 atom stereocenters. The molecule has 1 heterocycles. The monoisotopic (exact) mass is 294 g/mol. The van der Waals surface area contributed by atoms with Gasteiger partial charge in [0.2, 0.25) is 0 Å². The molecule has 0 fully saturated rings. The summed E-state index contributed by atoms with van der Waals surface area (Å²) in [6, 6.07) is 8.82. The summed E-state index contributed by atoms with van der Waals surface area (Å²) < 4.78 is 5.06. The molecule has 5 nitrogen and oxygen atoms in total. The molecule has 5 heteroatoms. The normalized spacial score (nSPS) is 14.8. The van der Waals surface area contributed by atoms with Crippen LogP contribution in [0.4, 0.5) is 4.79 Å². The minimum atomic E-state index is -0.557. The van der Waals surface area contributed by atoms with Crippen molar-refractivity contribution < 1.29 is 14.3 Å². The summed E-state index contributed by atoms with van der Waals surface area (Å²) in [5.74, 6) is 0.325. The summed E-state index contributed by atoms with van der Waals surface area (Å²) in [5, 5.41) is 2.37. The third-order valence-electron chi connectivity index (χ3n) is 3.46. The van der Waals surface area contributed by atoms with E-state index < -0.39 is 6.09 Å². The van der Waals surface area contributed by atoms with E-state index in [1.54, 1.807) is 24.5 Å². The molecule has 1 amide bonds. The first-order valence-corrected chi connectivity index (χ1v) is 6.85. The van der Waals surface area contributed by atoms with Gasteiger partial charge in [-0.3, -0.25) is 9.78 Å². The van der Waals surface area contributed by atoms with Crippen molar-refractivity contribution in [2.75, 3.05) is 7.05 Å². The van der Waals surface area contributed by atoms with E-state index in [9.17, 15) is 9.59 Å². The number of hydrogen-bond donors (Lipinski definition) is 1. The maximum Gasteiger partial charge on any atom is 0.412 e. The molecule has 0 unspecified atom stereocenters. The van der Waals surface area contributed by atoms with E-state index in [2.05, 4.69) is 10.3 Å². The number of allylic oxidation sites excluding steroid dienone is 1. The fourth-order valence-corrected chi connectivity index (χ4v) is 2.38. The maximum absolute atomic E-state index is 12.5. The predicted molar refractivity (Wildman–Crippen MR) is 81.8 cm³/mol. The largest absolute Gasteiger partial charge is 0.412 e. The molecule has 1 aliphatic rings. The van der Waals surface area contributed by atoms with Gasteiger partial charge in [0.1, 0.15) is 5.75 Å². The average Bonchev–Trinajstić information content (AvgIpc) is 2.84. The highest BCUT2D eigenvalue weighted by atomic mass is 16.5. The Bertz CT molecular complexity index is 767. The molecule has 110 valence electrons. The van der Waals surface area contributed by atoms with Crippen molar-refractivity contribution >= 4 is 18.0 Å². The summed E-state index contributed by atoms with van der Waals surface area (Å²) in [5.41, 5.74) is 3.18. The second-order valence-electron chi connectivity index (χ2n) is 4.91. The second kappa shape index (κ2) is 5.81. The smallest absolute Gasteiger partial charge is 0.410 e. The van der Waals surface area contributed by atoms with E-state index in [0.29, 0.717) is 17.7 Å². The molecule has 1 aromatic heterocycles. The zero-order valence-electron chi connectivity index (χ0n) is 12.0. The van der Waals surface area contributed by atoms with E-state index in [4.69, 9.17) is 4.74 Å². The number of nitrogens with zero attached hydrogens (tertiary/aromatic N) is 1. The van der Waals surface area contributed by atoms with Crippen molar-refractivity contribution in [2.45, 2.75) is 6.42 Å². The Labute approximate surface area is 127 Å². The SMILES string of the molecule is CNC(=O)Oc1ccc2c(c1)C(=O)/C(=C/c1ccncc1)C2. The maximum atomic E-state index is 12.5. The minimum absolute atomic E-state index is 0.0332. The summed E-state index contributed by atoms with van der Waals surface area (Å²) in [7, 11) is 1.48. The molecule has 0 spiro atoms. The quantitative estimate of drug-likeness (QED) is 0.864. The highest BCUT2D eigenvalue weighted by molar-refractivity contribution is 6.15. The Balaban J connectivity index is 1.88. The number of ether oxygens (including phenoxy) is 1. The molecular formula is C17H14N2O3. The molecule has 22 heavy (non-hydrogen) atoms. The standard InChI is InChI=1S/C17H14N2O3/c1-18-17(21)22-14-3-2-12-9-13(16(20)15(12)10-14)8-11-4-6-19-7-5-11/h2-8,10H,9H2,1H3,(H,18,21)/b13-8+. The van der Waals surface area contributed by atoms with Crippen LogP contribution in [0, 0.1) is 0 Å². The van der Waals surface area contributed by atoms with Gasteiger partial charge in [0.05, 0.1) is 0 Å². The minimum Gasteiger partial charge on any atom is -0.410 e. The molecule has 3 rings (SSSR count). The number of amides is 1. The van der Waals surface area contributed by atoms with Crippen LogP contribution >= 0.6 is 0 Å². The summed E-state index contributed by atoms with van der Waals surface area (Å²) in [6.45, 7) is 0. The zero-order chi connectivity index (χ0) is 15.5. The molecule has 0 saturated heterocycles. The predicted octanol–water partition coefficient (Wildman–Crippen LogP) is 2.62. The highest BCUT2D eigenvalue weighted by Crippen LogP contribution is 2.30. The van der Waals surface area contributed by atoms with E-state index in [0.717, 1.165) is 16.7 Å². The number of benzene rings is 1. The van der Waals surface area contributed by atoms with Crippen LogP contribution in [0.15, 0.2) is 48.3 Å². The van der Waals surface area contributed by atoms with Crippen LogP contribution in [0.1, 0.15) is 21.5 Å². The number of hydrogen-bond acceptors (Lipinski definition) is 4. The van der Waals surface area contributed by atoms with Crippen LogP contribution in [0.2, 0.25) is 0 Å². The Morgan fingerprint density at radius 2 is 2.05 bits per heavy atom. The van der Waals surface area contributed by atoms with E-state index in [1.165, 1.54) is 7.05 Å². The van der Waals surface area contributed by atoms with Gasteiger partial charge < -0.3 is 10.1 Å². The number of aromatic nitrogens is 1. The van der Waals surface area contributed by atoms with Crippen molar-refractivity contribution in [3.63, 3.8) is 0 Å². The number of carbonyl (C=O) groups excluding carboxylic acids is 2. The van der Waals surface area contributed by atoms with Crippen LogP contribution in [0.3, 0.4) is 0 Å². The average molecular weight is 294 g/mol. The Kier molecular flexibility index (Phi) is 3.70. The number of nitrogens with one attached hydrogen (secondary N) is 1. The second-order valence-corrected chi connectivity index (χ2v) is 4.91. The van der Waals surface area contributed by atoms with Gasteiger partial charge in [-0.1, -0.05) is 6.07 Å². The topological polar surface area (TPSA) is 68.3 Å². The van der Waals surface area contributed by atoms with Gasteiger partial charge in [0, 0.05) is 37.0 Å². The van der Waals surface area contributed by atoms with Gasteiger partial charge in [-0.2, -0.15) is 0 Å². The van der Waals surface area contributed by atoms with Gasteiger partial charge in [-0.05, 0) is 41.5 Å². The fraction of sp³-hybridized carbons (Fsp3) is 0.118. The molecule has 1 N–H and O–H groups in total. The zero-order valence-corrected chi connectivity index (χ0v) is 12.0. The van der Waals surface area contributed by atoms with Crippen molar-refractivity contribution in [3.8, 4) is 5.75 Å². The lowest BCUT2D eigenvalue weighted by atomic mass is 10.1. The Morgan fingerprint density at radius 1 is 1.27 bits per heavy atom. The fourth-order valence-electron chi connectivity index (χ4n) is 2.38. The van der Waals surface area contributed by atoms with Crippen molar-refractivity contribution in [3.05, 3.63) is 65.0 Å². The van der Waals surface area contributed by atoms with Crippen molar-refractivity contribution in [2.24, 2.45) is 0 Å². The van der Waals surface area contributed by atoms with Crippen molar-refractivity contribution in [1.82, 2.24) is 10.3 Å². The van der Waals surface area contributed by atoms with Crippen LogP contribution < -0.4 is 10.1 Å². The molecule has 0 aliphatic heterocycles. The first kappa shape index (κ1) is 14.0. The lowest BCUT2D eigenvalue weighted by Crippen LogP contribution is -2.22. The number of fused-ring (bicyclic) bond motifs is 1. The lowest BCUT2D eigenvalue weighted by molar-refractivity contribution is 0.104. The molecular weight excluding hydrogens is 280 g/mol. The number of rotatable bonds is 2. The van der Waals surface area contributed by atoms with E-state index >= 15 is 0 Å². The molecule has 1 aliphatic carbocycles. The summed E-state index contributed by atoms with van der Waals surface area (Å²) >= 11 is 0. The number of ketones is 1. The molecule has 0 radical (unpaired) electrons. The third kappa shape index (κ3) is 2.74. The Hall–Kier alpha value is -2.95. The Morgan fingerprint density at radius 3 is 2.77 bits per heavy atom. The third-order valence-corrected chi connectivity index (χ3v) is 3.46. The molecule has 2 aromatic rings. The highest BCUT2D eigenvalue weighted by Gasteiger charge is 2.25.